The number of hydrogen-bond acceptors (Lipinski definition) is 3. The molecule has 1 aliphatic heterocycles. The van der Waals surface area contributed by atoms with Gasteiger partial charge in [-0.15, -0.1) is 0 Å². The lowest BCUT2D eigenvalue weighted by Crippen LogP contribution is -2.19. The van der Waals surface area contributed by atoms with Gasteiger partial charge in [-0.05, 0) is 31.1 Å². The Morgan fingerprint density at radius 3 is 1.93 bits per heavy atom. The molecule has 4 unspecified atom stereocenters. The fraction of sp³-hybridized carbons (Fsp3) is 0.636. The molecular formula is C11H12O3. The van der Waals surface area contributed by atoms with Crippen LogP contribution in [0.15, 0.2) is 12.2 Å². The Balaban J connectivity index is 1.93. The van der Waals surface area contributed by atoms with Crippen LogP contribution in [0.25, 0.3) is 0 Å². The summed E-state index contributed by atoms with van der Waals surface area (Å²) in [6.07, 6.45) is 7.12. The number of ether oxygens (including phenoxy) is 1. The predicted molar refractivity (Wildman–Crippen MR) is 48.1 cm³/mol. The van der Waals surface area contributed by atoms with Crippen molar-refractivity contribution in [2.24, 2.45) is 23.7 Å². The topological polar surface area (TPSA) is 43.4 Å². The van der Waals surface area contributed by atoms with Crippen molar-refractivity contribution < 1.29 is 14.3 Å². The molecule has 0 spiro atoms. The minimum absolute atomic E-state index is 0.151. The van der Waals surface area contributed by atoms with E-state index in [2.05, 4.69) is 16.9 Å². The molecule has 3 nitrogen and oxygen atoms in total. The molecule has 1 heterocycles. The van der Waals surface area contributed by atoms with Crippen LogP contribution in [-0.4, -0.2) is 11.9 Å². The number of rotatable bonds is 0. The number of carbonyl (C=O) groups excluding carboxylic acids is 2. The van der Waals surface area contributed by atoms with E-state index in [9.17, 15) is 9.59 Å². The monoisotopic (exact) mass is 192 g/mol. The Bertz CT molecular complexity index is 301. The Morgan fingerprint density at radius 2 is 1.43 bits per heavy atom. The standard InChI is InChI=1S/C11H12O3/c12-10-8-4-6-1-2-7(3-6)5-9(8)11(13)14-10/h1-2,6-9H,3-5H2. The van der Waals surface area contributed by atoms with E-state index in [1.807, 2.05) is 0 Å². The number of carbonyl (C=O) groups is 2. The van der Waals surface area contributed by atoms with Gasteiger partial charge in [0.15, 0.2) is 0 Å². The average Bonchev–Trinajstić information content (AvgIpc) is 2.55. The van der Waals surface area contributed by atoms with Crippen molar-refractivity contribution >= 4 is 11.9 Å². The number of fused-ring (bicyclic) bond motifs is 3. The zero-order chi connectivity index (χ0) is 9.71. The summed E-state index contributed by atoms with van der Waals surface area (Å²) in [6, 6.07) is 0. The maximum absolute atomic E-state index is 11.4. The van der Waals surface area contributed by atoms with Gasteiger partial charge in [-0.2, -0.15) is 0 Å². The third-order valence-corrected chi connectivity index (χ3v) is 3.67. The van der Waals surface area contributed by atoms with Gasteiger partial charge in [0.25, 0.3) is 0 Å². The second-order valence-electron chi connectivity index (χ2n) is 4.57. The summed E-state index contributed by atoms with van der Waals surface area (Å²) in [5.41, 5.74) is 0. The van der Waals surface area contributed by atoms with Crippen molar-refractivity contribution in [1.82, 2.24) is 0 Å². The summed E-state index contributed by atoms with van der Waals surface area (Å²) in [4.78, 5) is 22.8. The molecule has 0 N–H and O–H groups in total. The Morgan fingerprint density at radius 1 is 0.929 bits per heavy atom. The molecule has 0 amide bonds. The predicted octanol–water partition coefficient (Wildman–Crippen LogP) is 1.29. The van der Waals surface area contributed by atoms with Gasteiger partial charge in [0.05, 0.1) is 11.8 Å². The molecule has 3 aliphatic rings. The van der Waals surface area contributed by atoms with Gasteiger partial charge in [0, 0.05) is 0 Å². The first kappa shape index (κ1) is 8.21. The van der Waals surface area contributed by atoms with E-state index in [4.69, 9.17) is 0 Å². The van der Waals surface area contributed by atoms with E-state index in [-0.39, 0.29) is 23.8 Å². The zero-order valence-electron chi connectivity index (χ0n) is 7.81. The number of hydrogen-bond donors (Lipinski definition) is 0. The van der Waals surface area contributed by atoms with Gasteiger partial charge >= 0.3 is 11.9 Å². The molecule has 3 rings (SSSR count). The molecule has 1 saturated heterocycles. The fourth-order valence-corrected chi connectivity index (χ4v) is 2.96. The first-order valence-corrected chi connectivity index (χ1v) is 5.18. The van der Waals surface area contributed by atoms with Gasteiger partial charge in [-0.3, -0.25) is 9.59 Å². The van der Waals surface area contributed by atoms with E-state index < -0.39 is 0 Å². The van der Waals surface area contributed by atoms with E-state index in [0.29, 0.717) is 11.8 Å². The van der Waals surface area contributed by atoms with Crippen molar-refractivity contribution in [3.63, 3.8) is 0 Å². The first-order chi connectivity index (χ1) is 6.74. The Hall–Kier alpha value is -1.12. The second kappa shape index (κ2) is 2.69. The van der Waals surface area contributed by atoms with Gasteiger partial charge < -0.3 is 4.74 Å². The molecule has 0 aromatic heterocycles. The zero-order valence-corrected chi connectivity index (χ0v) is 7.81. The van der Waals surface area contributed by atoms with Gasteiger partial charge in [0.1, 0.15) is 0 Å². The maximum atomic E-state index is 11.4. The van der Waals surface area contributed by atoms with Gasteiger partial charge in [-0.25, -0.2) is 0 Å². The van der Waals surface area contributed by atoms with Crippen molar-refractivity contribution in [3.8, 4) is 0 Å². The number of allylic oxidation sites excluding steroid dienone is 2. The normalized spacial score (nSPS) is 44.9. The highest BCUT2D eigenvalue weighted by molar-refractivity contribution is 5.96. The van der Waals surface area contributed by atoms with Gasteiger partial charge in [0.2, 0.25) is 0 Å². The molecule has 2 fully saturated rings. The number of esters is 2. The van der Waals surface area contributed by atoms with E-state index in [1.165, 1.54) is 0 Å². The molecule has 2 bridgehead atoms. The highest BCUT2D eigenvalue weighted by Gasteiger charge is 2.48. The van der Waals surface area contributed by atoms with E-state index in [0.717, 1.165) is 19.3 Å². The van der Waals surface area contributed by atoms with Crippen molar-refractivity contribution in [3.05, 3.63) is 12.2 Å². The summed E-state index contributed by atoms with van der Waals surface area (Å²) >= 11 is 0. The molecule has 0 aromatic rings. The summed E-state index contributed by atoms with van der Waals surface area (Å²) in [6.45, 7) is 0. The van der Waals surface area contributed by atoms with Crippen LogP contribution in [0.5, 0.6) is 0 Å². The molecule has 1 saturated carbocycles. The Labute approximate surface area is 82.1 Å². The molecule has 4 atom stereocenters. The van der Waals surface area contributed by atoms with Crippen LogP contribution in [-0.2, 0) is 14.3 Å². The van der Waals surface area contributed by atoms with Crippen molar-refractivity contribution in [1.29, 1.82) is 0 Å². The quantitative estimate of drug-likeness (QED) is 0.330. The van der Waals surface area contributed by atoms with Crippen LogP contribution in [0.4, 0.5) is 0 Å². The van der Waals surface area contributed by atoms with Crippen LogP contribution < -0.4 is 0 Å². The SMILES string of the molecule is O=C1OC(=O)C2CC3C=CC(C3)CC12. The molecule has 0 radical (unpaired) electrons. The largest absolute Gasteiger partial charge is 0.393 e. The lowest BCUT2D eigenvalue weighted by Gasteiger charge is -2.12. The minimum Gasteiger partial charge on any atom is -0.393 e. The third kappa shape index (κ3) is 1.04. The first-order valence-electron chi connectivity index (χ1n) is 5.18. The smallest absolute Gasteiger partial charge is 0.317 e. The van der Waals surface area contributed by atoms with Crippen LogP contribution in [0.2, 0.25) is 0 Å². The van der Waals surface area contributed by atoms with Crippen LogP contribution in [0.3, 0.4) is 0 Å². The van der Waals surface area contributed by atoms with E-state index >= 15 is 0 Å². The molecule has 2 aliphatic carbocycles. The lowest BCUT2D eigenvalue weighted by molar-refractivity contribution is -0.154. The summed E-state index contributed by atoms with van der Waals surface area (Å²) in [5, 5.41) is 0. The summed E-state index contributed by atoms with van der Waals surface area (Å²) < 4.78 is 4.68. The lowest BCUT2D eigenvalue weighted by atomic mass is 9.85. The van der Waals surface area contributed by atoms with Gasteiger partial charge in [-0.1, -0.05) is 12.2 Å². The van der Waals surface area contributed by atoms with Crippen LogP contribution in [0.1, 0.15) is 19.3 Å². The van der Waals surface area contributed by atoms with E-state index in [1.54, 1.807) is 0 Å². The fourth-order valence-electron chi connectivity index (χ4n) is 2.96. The van der Waals surface area contributed by atoms with Crippen LogP contribution in [0, 0.1) is 23.7 Å². The van der Waals surface area contributed by atoms with Crippen LogP contribution >= 0.6 is 0 Å². The maximum Gasteiger partial charge on any atom is 0.317 e. The molecular weight excluding hydrogens is 180 g/mol. The average molecular weight is 192 g/mol. The minimum atomic E-state index is -0.291. The summed E-state index contributed by atoms with van der Waals surface area (Å²) in [5.74, 6) is 0.105. The number of cyclic esters (lactones) is 2. The second-order valence-corrected chi connectivity index (χ2v) is 4.57. The molecule has 14 heavy (non-hydrogen) atoms. The molecule has 0 aromatic carbocycles. The molecule has 3 heteroatoms. The highest BCUT2D eigenvalue weighted by Crippen LogP contribution is 2.44. The Kier molecular flexibility index (Phi) is 1.58. The highest BCUT2D eigenvalue weighted by atomic mass is 16.6. The summed E-state index contributed by atoms with van der Waals surface area (Å²) in [7, 11) is 0. The molecule has 74 valence electrons. The third-order valence-electron chi connectivity index (χ3n) is 3.67. The van der Waals surface area contributed by atoms with Crippen molar-refractivity contribution in [2.45, 2.75) is 19.3 Å². The van der Waals surface area contributed by atoms with Crippen molar-refractivity contribution in [2.75, 3.05) is 0 Å².